The molecule has 21 heavy (non-hydrogen) atoms. The smallest absolute Gasteiger partial charge is 0.172 e. The highest BCUT2D eigenvalue weighted by atomic mass is 79.9. The van der Waals surface area contributed by atoms with Gasteiger partial charge in [-0.1, -0.05) is 58.4 Å². The van der Waals surface area contributed by atoms with Crippen LogP contribution in [0.3, 0.4) is 0 Å². The van der Waals surface area contributed by atoms with Gasteiger partial charge in [-0.25, -0.2) is 0 Å². The summed E-state index contributed by atoms with van der Waals surface area (Å²) in [6, 6.07) is 18.1. The Morgan fingerprint density at radius 2 is 1.76 bits per heavy atom. The normalized spacial score (nSPS) is 10.5. The minimum atomic E-state index is 0.633. The molecule has 0 amide bonds. The van der Waals surface area contributed by atoms with Crippen molar-refractivity contribution in [1.82, 2.24) is 10.2 Å². The minimum Gasteiger partial charge on any atom is -0.394 e. The van der Waals surface area contributed by atoms with Crippen molar-refractivity contribution < 1.29 is 0 Å². The second-order valence-electron chi connectivity index (χ2n) is 4.71. The van der Waals surface area contributed by atoms with Crippen LogP contribution < -0.4 is 11.1 Å². The third-order valence-corrected chi connectivity index (χ3v) is 3.77. The predicted octanol–water partition coefficient (Wildman–Crippen LogP) is 4.03. The number of halogens is 1. The third kappa shape index (κ3) is 3.08. The van der Waals surface area contributed by atoms with E-state index in [9.17, 15) is 0 Å². The highest BCUT2D eigenvalue weighted by Crippen LogP contribution is 2.30. The Bertz CT molecular complexity index is 720. The Labute approximate surface area is 131 Å². The average Bonchev–Trinajstić information content (AvgIpc) is 2.88. The van der Waals surface area contributed by atoms with E-state index >= 15 is 0 Å². The van der Waals surface area contributed by atoms with Crippen molar-refractivity contribution in [3.8, 4) is 11.3 Å². The van der Waals surface area contributed by atoms with Crippen LogP contribution in [-0.4, -0.2) is 10.2 Å². The lowest BCUT2D eigenvalue weighted by Gasteiger charge is -2.04. The van der Waals surface area contributed by atoms with Crippen LogP contribution in [0, 0.1) is 0 Å². The van der Waals surface area contributed by atoms with Crippen LogP contribution >= 0.6 is 15.9 Å². The lowest BCUT2D eigenvalue weighted by molar-refractivity contribution is 1.05. The van der Waals surface area contributed by atoms with Crippen LogP contribution in [0.25, 0.3) is 11.3 Å². The van der Waals surface area contributed by atoms with Crippen LogP contribution in [0.15, 0.2) is 59.1 Å². The molecule has 1 aromatic heterocycles. The summed E-state index contributed by atoms with van der Waals surface area (Å²) >= 11 is 3.42. The maximum absolute atomic E-state index is 6.17. The third-order valence-electron chi connectivity index (χ3n) is 3.24. The Morgan fingerprint density at radius 1 is 1.05 bits per heavy atom. The molecule has 4 nitrogen and oxygen atoms in total. The zero-order valence-electron chi connectivity index (χ0n) is 11.3. The fourth-order valence-electron chi connectivity index (χ4n) is 2.10. The van der Waals surface area contributed by atoms with Crippen LogP contribution in [0.2, 0.25) is 0 Å². The molecule has 1 heterocycles. The van der Waals surface area contributed by atoms with E-state index in [4.69, 9.17) is 5.73 Å². The summed E-state index contributed by atoms with van der Waals surface area (Å²) in [4.78, 5) is 0. The van der Waals surface area contributed by atoms with Crippen molar-refractivity contribution in [3.05, 3.63) is 64.6 Å². The zero-order valence-corrected chi connectivity index (χ0v) is 12.9. The van der Waals surface area contributed by atoms with Crippen molar-refractivity contribution in [3.63, 3.8) is 0 Å². The number of aromatic amines is 1. The monoisotopic (exact) mass is 342 g/mol. The quantitative estimate of drug-likeness (QED) is 0.670. The van der Waals surface area contributed by atoms with Gasteiger partial charge in [-0.15, -0.1) is 0 Å². The molecule has 0 aliphatic carbocycles. The first kappa shape index (κ1) is 13.7. The Morgan fingerprint density at radius 3 is 2.48 bits per heavy atom. The molecule has 3 aromatic rings. The van der Waals surface area contributed by atoms with Crippen molar-refractivity contribution in [2.24, 2.45) is 0 Å². The van der Waals surface area contributed by atoms with Gasteiger partial charge in [0.15, 0.2) is 5.82 Å². The second-order valence-corrected chi connectivity index (χ2v) is 5.62. The number of nitrogens with zero attached hydrogens (tertiary/aromatic N) is 1. The molecule has 106 valence electrons. The van der Waals surface area contributed by atoms with E-state index in [0.29, 0.717) is 18.1 Å². The number of hydrogen-bond acceptors (Lipinski definition) is 3. The van der Waals surface area contributed by atoms with Crippen LogP contribution in [0.1, 0.15) is 5.56 Å². The first-order valence-electron chi connectivity index (χ1n) is 6.61. The number of hydrogen-bond donors (Lipinski definition) is 3. The number of nitrogen functional groups attached to an aromatic ring is 1. The largest absolute Gasteiger partial charge is 0.394 e. The molecule has 5 heteroatoms. The van der Waals surface area contributed by atoms with Gasteiger partial charge in [0.05, 0.1) is 5.69 Å². The molecular weight excluding hydrogens is 328 g/mol. The van der Waals surface area contributed by atoms with Crippen molar-refractivity contribution in [1.29, 1.82) is 0 Å². The molecular formula is C16H15BrN4. The minimum absolute atomic E-state index is 0.633. The predicted molar refractivity (Wildman–Crippen MR) is 89.9 cm³/mol. The number of benzene rings is 2. The molecule has 0 spiro atoms. The first-order valence-corrected chi connectivity index (χ1v) is 7.41. The molecule has 0 bridgehead atoms. The molecule has 0 radical (unpaired) electrons. The van der Waals surface area contributed by atoms with E-state index in [-0.39, 0.29) is 0 Å². The summed E-state index contributed by atoms with van der Waals surface area (Å²) in [7, 11) is 0. The van der Waals surface area contributed by atoms with E-state index in [2.05, 4.69) is 43.6 Å². The van der Waals surface area contributed by atoms with Gasteiger partial charge >= 0.3 is 0 Å². The van der Waals surface area contributed by atoms with E-state index in [1.807, 2.05) is 42.5 Å². The summed E-state index contributed by atoms with van der Waals surface area (Å²) in [6.45, 7) is 0.690. The average molecular weight is 343 g/mol. The molecule has 2 aromatic carbocycles. The Balaban J connectivity index is 1.78. The van der Waals surface area contributed by atoms with Crippen LogP contribution in [0.5, 0.6) is 0 Å². The summed E-state index contributed by atoms with van der Waals surface area (Å²) < 4.78 is 1.03. The second kappa shape index (κ2) is 6.01. The number of nitrogens with two attached hydrogens (primary N) is 1. The highest BCUT2D eigenvalue weighted by Gasteiger charge is 2.11. The summed E-state index contributed by atoms with van der Waals surface area (Å²) in [5.41, 5.74) is 9.83. The zero-order chi connectivity index (χ0) is 14.7. The van der Waals surface area contributed by atoms with E-state index in [1.54, 1.807) is 0 Å². The van der Waals surface area contributed by atoms with Gasteiger partial charge in [-0.3, -0.25) is 5.10 Å². The molecule has 0 saturated heterocycles. The number of nitrogens with one attached hydrogen (secondary N) is 2. The van der Waals surface area contributed by atoms with Gasteiger partial charge in [0.1, 0.15) is 5.69 Å². The molecule has 0 aliphatic heterocycles. The van der Waals surface area contributed by atoms with Crippen LogP contribution in [-0.2, 0) is 6.54 Å². The van der Waals surface area contributed by atoms with Crippen molar-refractivity contribution >= 4 is 27.4 Å². The van der Waals surface area contributed by atoms with Gasteiger partial charge < -0.3 is 11.1 Å². The van der Waals surface area contributed by atoms with Gasteiger partial charge in [-0.05, 0) is 17.7 Å². The molecule has 3 rings (SSSR count). The van der Waals surface area contributed by atoms with E-state index in [0.717, 1.165) is 15.7 Å². The van der Waals surface area contributed by atoms with E-state index in [1.165, 1.54) is 5.56 Å². The lowest BCUT2D eigenvalue weighted by Crippen LogP contribution is -2.01. The SMILES string of the molecule is Nc1c(NCc2ccccc2)n[nH]c1-c1ccc(Br)cc1. The maximum atomic E-state index is 6.17. The van der Waals surface area contributed by atoms with Crippen molar-refractivity contribution in [2.45, 2.75) is 6.54 Å². The fraction of sp³-hybridized carbons (Fsp3) is 0.0625. The number of rotatable bonds is 4. The van der Waals surface area contributed by atoms with Crippen LogP contribution in [0.4, 0.5) is 11.5 Å². The molecule has 0 fully saturated rings. The number of H-pyrrole nitrogens is 1. The molecule has 0 atom stereocenters. The van der Waals surface area contributed by atoms with Gasteiger partial charge in [0, 0.05) is 16.6 Å². The summed E-state index contributed by atoms with van der Waals surface area (Å²) in [5.74, 6) is 0.678. The Hall–Kier alpha value is -2.27. The standard InChI is InChI=1S/C16H15BrN4/c17-13-8-6-12(7-9-13)15-14(18)16(21-20-15)19-10-11-4-2-1-3-5-11/h1-9H,10,18H2,(H2,19,20,21). The summed E-state index contributed by atoms with van der Waals surface area (Å²) in [5, 5.41) is 10.5. The highest BCUT2D eigenvalue weighted by molar-refractivity contribution is 9.10. The molecule has 4 N–H and O–H groups in total. The Kier molecular flexibility index (Phi) is 3.92. The van der Waals surface area contributed by atoms with Gasteiger partial charge in [0.25, 0.3) is 0 Å². The fourth-order valence-corrected chi connectivity index (χ4v) is 2.37. The maximum Gasteiger partial charge on any atom is 0.172 e. The molecule has 0 aliphatic rings. The molecule has 0 saturated carbocycles. The summed E-state index contributed by atoms with van der Waals surface area (Å²) in [6.07, 6.45) is 0. The van der Waals surface area contributed by atoms with E-state index < -0.39 is 0 Å². The first-order chi connectivity index (χ1) is 10.2. The van der Waals surface area contributed by atoms with Crippen molar-refractivity contribution in [2.75, 3.05) is 11.1 Å². The van der Waals surface area contributed by atoms with Gasteiger partial charge in [0.2, 0.25) is 0 Å². The number of anilines is 2. The van der Waals surface area contributed by atoms with Gasteiger partial charge in [-0.2, -0.15) is 5.10 Å². The topological polar surface area (TPSA) is 66.7 Å². The molecule has 0 unspecified atom stereocenters. The number of aromatic nitrogens is 2. The lowest BCUT2D eigenvalue weighted by atomic mass is 10.1.